The summed E-state index contributed by atoms with van der Waals surface area (Å²) < 4.78 is 16.2. The van der Waals surface area contributed by atoms with Crippen LogP contribution in [0.1, 0.15) is 5.56 Å². The summed E-state index contributed by atoms with van der Waals surface area (Å²) in [5.74, 6) is 2.86. The van der Waals surface area contributed by atoms with Crippen molar-refractivity contribution in [1.82, 2.24) is 18.5 Å². The number of methoxy groups -OCH3 is 1. The SMILES string of the molecule is COc1ccc2c(c1C)n(-c1ccc3c4ccccc4n(C)c3[n+]1C)c1nc3[c]([BiH2])cccc3n21. The molecule has 35 heavy (non-hydrogen) atoms. The fourth-order valence-electron chi connectivity index (χ4n) is 5.75. The molecule has 0 fully saturated rings. The van der Waals surface area contributed by atoms with Crippen molar-refractivity contribution in [1.29, 1.82) is 0 Å². The molecule has 4 aromatic heterocycles. The number of para-hydroxylation sites is 2. The summed E-state index contributed by atoms with van der Waals surface area (Å²) in [5.41, 5.74) is 8.00. The quantitative estimate of drug-likeness (QED) is 0.212. The molecule has 7 rings (SSSR count). The maximum absolute atomic E-state index is 5.74. The molecule has 6 nitrogen and oxygen atoms in total. The summed E-state index contributed by atoms with van der Waals surface area (Å²) in [4.78, 5) is 5.22. The van der Waals surface area contributed by atoms with E-state index in [0.717, 1.165) is 45.0 Å². The second-order valence-electron chi connectivity index (χ2n) is 9.12. The first kappa shape index (κ1) is 20.9. The Balaban J connectivity index is 1.70. The van der Waals surface area contributed by atoms with Crippen molar-refractivity contribution in [3.63, 3.8) is 0 Å². The zero-order valence-electron chi connectivity index (χ0n) is 20.1. The van der Waals surface area contributed by atoms with E-state index < -0.39 is 0 Å². The van der Waals surface area contributed by atoms with Gasteiger partial charge in [-0.1, -0.05) is 0 Å². The minimum absolute atomic E-state index is 0.716. The van der Waals surface area contributed by atoms with E-state index in [4.69, 9.17) is 9.72 Å². The Bertz CT molecular complexity index is 1990. The number of aromatic nitrogens is 5. The van der Waals surface area contributed by atoms with Gasteiger partial charge in [-0.15, -0.1) is 0 Å². The molecule has 0 spiro atoms. The monoisotopic (exact) mass is 656 g/mol. The molecule has 4 heterocycles. The van der Waals surface area contributed by atoms with E-state index in [1.54, 1.807) is 7.11 Å². The van der Waals surface area contributed by atoms with Gasteiger partial charge in [0.15, 0.2) is 0 Å². The molecule has 0 amide bonds. The van der Waals surface area contributed by atoms with Crippen LogP contribution in [-0.2, 0) is 14.1 Å². The minimum atomic E-state index is 0.716. The van der Waals surface area contributed by atoms with Crippen molar-refractivity contribution in [2.24, 2.45) is 14.1 Å². The number of fused-ring (bicyclic) bond motifs is 8. The fraction of sp³-hybridized carbons (Fsp3) is 0.143. The van der Waals surface area contributed by atoms with Gasteiger partial charge in [0, 0.05) is 0 Å². The van der Waals surface area contributed by atoms with Crippen LogP contribution in [0.2, 0.25) is 0 Å². The van der Waals surface area contributed by atoms with Crippen molar-refractivity contribution in [3.8, 4) is 11.6 Å². The second kappa shape index (κ2) is 7.28. The van der Waals surface area contributed by atoms with E-state index in [1.165, 1.54) is 25.2 Å². The van der Waals surface area contributed by atoms with Gasteiger partial charge < -0.3 is 0 Å². The van der Waals surface area contributed by atoms with E-state index in [-0.39, 0.29) is 0 Å². The first-order valence-corrected chi connectivity index (χ1v) is 13.9. The predicted octanol–water partition coefficient (Wildman–Crippen LogP) is 3.48. The van der Waals surface area contributed by atoms with Gasteiger partial charge in [-0.3, -0.25) is 0 Å². The van der Waals surface area contributed by atoms with Crippen LogP contribution in [0.5, 0.6) is 5.75 Å². The Morgan fingerprint density at radius 2 is 1.69 bits per heavy atom. The molecule has 0 N–H and O–H groups in total. The van der Waals surface area contributed by atoms with E-state index in [2.05, 4.69) is 106 Å². The Hall–Kier alpha value is -3.44. The Labute approximate surface area is 216 Å². The number of rotatable bonds is 2. The Morgan fingerprint density at radius 1 is 0.886 bits per heavy atom. The first-order valence-electron chi connectivity index (χ1n) is 11.6. The molecular formula is C28H25BiN5O+. The van der Waals surface area contributed by atoms with Gasteiger partial charge in [0.2, 0.25) is 0 Å². The molecule has 172 valence electrons. The molecule has 0 saturated heterocycles. The molecule has 7 aromatic rings. The van der Waals surface area contributed by atoms with E-state index in [1.807, 2.05) is 0 Å². The summed E-state index contributed by atoms with van der Waals surface area (Å²) in [5, 5.41) is 2.51. The summed E-state index contributed by atoms with van der Waals surface area (Å²) in [6.07, 6.45) is 0. The number of benzene rings is 3. The molecule has 0 unspecified atom stereocenters. The predicted molar refractivity (Wildman–Crippen MR) is 144 cm³/mol. The number of imidazole rings is 2. The van der Waals surface area contributed by atoms with Crippen LogP contribution < -0.4 is 12.6 Å². The van der Waals surface area contributed by atoms with Gasteiger partial charge in [-0.25, -0.2) is 0 Å². The number of hydrogen-bond donors (Lipinski definition) is 0. The molecule has 0 aliphatic carbocycles. The Morgan fingerprint density at radius 3 is 2.51 bits per heavy atom. The fourth-order valence-corrected chi connectivity index (χ4v) is 7.00. The van der Waals surface area contributed by atoms with Gasteiger partial charge in [-0.2, -0.15) is 0 Å². The normalized spacial score (nSPS) is 12.1. The van der Waals surface area contributed by atoms with Crippen LogP contribution in [0, 0.1) is 6.92 Å². The zero-order chi connectivity index (χ0) is 24.0. The van der Waals surface area contributed by atoms with E-state index in [0.29, 0.717) is 24.7 Å². The topological polar surface area (TPSA) is 40.3 Å². The molecule has 0 aliphatic heterocycles. The van der Waals surface area contributed by atoms with Crippen LogP contribution in [0.25, 0.3) is 55.6 Å². The van der Waals surface area contributed by atoms with Crippen molar-refractivity contribution in [3.05, 3.63) is 72.3 Å². The Kier molecular flexibility index (Phi) is 4.35. The van der Waals surface area contributed by atoms with E-state index >= 15 is 0 Å². The second-order valence-corrected chi connectivity index (χ2v) is 11.5. The molecule has 0 saturated carbocycles. The maximum atomic E-state index is 5.74. The van der Waals surface area contributed by atoms with Gasteiger partial charge in [-0.05, 0) is 0 Å². The van der Waals surface area contributed by atoms with Crippen molar-refractivity contribution >= 4 is 77.8 Å². The van der Waals surface area contributed by atoms with E-state index in [9.17, 15) is 0 Å². The summed E-state index contributed by atoms with van der Waals surface area (Å²) >= 11 is 0.716. The number of pyridine rings is 1. The van der Waals surface area contributed by atoms with Crippen molar-refractivity contribution in [2.45, 2.75) is 6.92 Å². The third kappa shape index (κ3) is 2.62. The first-order chi connectivity index (χ1) is 17.0. The number of hydrogen-bond acceptors (Lipinski definition) is 2. The van der Waals surface area contributed by atoms with Crippen LogP contribution in [-0.4, -0.2) is 50.3 Å². The third-order valence-electron chi connectivity index (χ3n) is 7.35. The molecule has 3 aromatic carbocycles. The van der Waals surface area contributed by atoms with Crippen molar-refractivity contribution < 1.29 is 9.30 Å². The standard InChI is InChI=1S/C28H23N5O.Bi.2H/c1-17-24(34-4)15-14-23-26(17)33(28-29-20-10-6-8-12-22(20)32(23)28)25-16-13-19-18-9-5-7-11-21(18)30(2)27(19)31(25)3;;;/h5-9,11-16H,1-4H3;;;/q+1;;;. The van der Waals surface area contributed by atoms with Gasteiger partial charge in [0.05, 0.1) is 0 Å². The van der Waals surface area contributed by atoms with Gasteiger partial charge in [0.25, 0.3) is 0 Å². The van der Waals surface area contributed by atoms with Crippen LogP contribution >= 0.6 is 0 Å². The molecule has 0 aliphatic rings. The van der Waals surface area contributed by atoms with Gasteiger partial charge >= 0.3 is 218 Å². The molecule has 7 heteroatoms. The van der Waals surface area contributed by atoms with Crippen molar-refractivity contribution in [2.75, 3.05) is 7.11 Å². The van der Waals surface area contributed by atoms with Crippen LogP contribution in [0.15, 0.2) is 66.7 Å². The number of aryl methyl sites for hydroxylation is 3. The summed E-state index contributed by atoms with van der Waals surface area (Å²) in [6, 6.07) is 23.8. The van der Waals surface area contributed by atoms with Crippen LogP contribution in [0.4, 0.5) is 0 Å². The summed E-state index contributed by atoms with van der Waals surface area (Å²) in [6.45, 7) is 2.13. The number of ether oxygens (including phenoxy) is 1. The average molecular weight is 657 g/mol. The number of nitrogens with zero attached hydrogens (tertiary/aromatic N) is 5. The molecular weight excluding hydrogens is 631 g/mol. The van der Waals surface area contributed by atoms with Crippen LogP contribution in [0.3, 0.4) is 0 Å². The molecule has 0 atom stereocenters. The summed E-state index contributed by atoms with van der Waals surface area (Å²) in [7, 11) is 6.03. The zero-order valence-corrected chi connectivity index (χ0v) is 24.6. The third-order valence-corrected chi connectivity index (χ3v) is 9.16. The van der Waals surface area contributed by atoms with Gasteiger partial charge in [0.1, 0.15) is 0 Å². The average Bonchev–Trinajstić information content (AvgIpc) is 3.49. The molecule has 0 radical (unpaired) electrons. The molecule has 0 bridgehead atoms.